The Morgan fingerprint density at radius 3 is 2.46 bits per heavy atom. The van der Waals surface area contributed by atoms with Crippen LogP contribution in [0.25, 0.3) is 5.69 Å². The van der Waals surface area contributed by atoms with Crippen molar-refractivity contribution in [3.05, 3.63) is 52.3 Å². The minimum atomic E-state index is -0.969. The fourth-order valence-electron chi connectivity index (χ4n) is 2.42. The van der Waals surface area contributed by atoms with Crippen LogP contribution in [-0.4, -0.2) is 49.7 Å². The highest BCUT2D eigenvalue weighted by Gasteiger charge is 2.20. The molecule has 0 bridgehead atoms. The summed E-state index contributed by atoms with van der Waals surface area (Å²) in [5.74, 6) is -1.13. The molecule has 26 heavy (non-hydrogen) atoms. The van der Waals surface area contributed by atoms with Gasteiger partial charge in [-0.3, -0.25) is 19.7 Å². The number of amides is 1. The Balaban J connectivity index is 2.18. The number of rotatable bonds is 8. The van der Waals surface area contributed by atoms with E-state index in [0.29, 0.717) is 12.2 Å². The number of aromatic nitrogens is 2. The van der Waals surface area contributed by atoms with Gasteiger partial charge in [-0.05, 0) is 24.1 Å². The van der Waals surface area contributed by atoms with Crippen LogP contribution >= 0.6 is 0 Å². The van der Waals surface area contributed by atoms with Gasteiger partial charge in [-0.25, -0.2) is 4.68 Å². The average molecular weight is 360 g/mol. The first-order valence-electron chi connectivity index (χ1n) is 8.09. The number of benzene rings is 1. The van der Waals surface area contributed by atoms with Crippen molar-refractivity contribution >= 4 is 17.6 Å². The fraction of sp³-hybridized carbons (Fsp3) is 0.353. The molecule has 0 atom stereocenters. The molecular weight excluding hydrogens is 340 g/mol. The van der Waals surface area contributed by atoms with E-state index in [1.807, 2.05) is 13.8 Å². The standard InChI is InChI=1S/C17H20N4O5/c1-12(2)11-19(9-8-16(22)23)17(24)15-7-10-20(18-15)13-3-5-14(6-4-13)21(25)26/h3-7,10,12H,8-9,11H2,1-2H3,(H,22,23). The zero-order valence-electron chi connectivity index (χ0n) is 14.5. The molecule has 0 aliphatic rings. The molecule has 0 unspecified atom stereocenters. The van der Waals surface area contributed by atoms with Gasteiger partial charge in [0.25, 0.3) is 11.6 Å². The summed E-state index contributed by atoms with van der Waals surface area (Å²) in [6.07, 6.45) is 1.45. The maximum absolute atomic E-state index is 12.6. The van der Waals surface area contributed by atoms with Crippen molar-refractivity contribution in [3.8, 4) is 5.69 Å². The second-order valence-electron chi connectivity index (χ2n) is 6.21. The lowest BCUT2D eigenvalue weighted by atomic mass is 10.2. The number of nitrogens with zero attached hydrogens (tertiary/aromatic N) is 4. The first-order valence-corrected chi connectivity index (χ1v) is 8.09. The highest BCUT2D eigenvalue weighted by molar-refractivity contribution is 5.92. The zero-order chi connectivity index (χ0) is 19.3. The van der Waals surface area contributed by atoms with E-state index < -0.39 is 10.9 Å². The van der Waals surface area contributed by atoms with Crippen LogP contribution in [0.4, 0.5) is 5.69 Å². The summed E-state index contributed by atoms with van der Waals surface area (Å²) >= 11 is 0. The molecule has 0 aliphatic heterocycles. The third kappa shape index (κ3) is 4.88. The highest BCUT2D eigenvalue weighted by Crippen LogP contribution is 2.15. The Bertz CT molecular complexity index is 798. The lowest BCUT2D eigenvalue weighted by Gasteiger charge is -2.23. The summed E-state index contributed by atoms with van der Waals surface area (Å²) in [6.45, 7) is 4.42. The number of nitro groups is 1. The third-order valence-electron chi connectivity index (χ3n) is 3.60. The molecule has 2 rings (SSSR count). The SMILES string of the molecule is CC(C)CN(CCC(=O)O)C(=O)c1ccn(-c2ccc([N+](=O)[O-])cc2)n1. The van der Waals surface area contributed by atoms with Gasteiger partial charge in [-0.1, -0.05) is 13.8 Å². The van der Waals surface area contributed by atoms with Gasteiger partial charge in [0.15, 0.2) is 5.69 Å². The summed E-state index contributed by atoms with van der Waals surface area (Å²) in [5.41, 5.74) is 0.735. The van der Waals surface area contributed by atoms with Crippen molar-refractivity contribution < 1.29 is 19.6 Å². The number of carboxylic acids is 1. The Morgan fingerprint density at radius 1 is 1.27 bits per heavy atom. The molecule has 1 heterocycles. The summed E-state index contributed by atoms with van der Waals surface area (Å²) in [6, 6.07) is 7.33. The van der Waals surface area contributed by atoms with Gasteiger partial charge in [0.1, 0.15) is 0 Å². The molecule has 0 radical (unpaired) electrons. The summed E-state index contributed by atoms with van der Waals surface area (Å²) < 4.78 is 1.45. The van der Waals surface area contributed by atoms with Crippen LogP contribution in [0.2, 0.25) is 0 Å². The molecule has 2 aromatic rings. The summed E-state index contributed by atoms with van der Waals surface area (Å²) in [7, 11) is 0. The third-order valence-corrected chi connectivity index (χ3v) is 3.60. The normalized spacial score (nSPS) is 10.7. The first-order chi connectivity index (χ1) is 12.3. The van der Waals surface area contributed by atoms with Crippen molar-refractivity contribution in [1.82, 2.24) is 14.7 Å². The lowest BCUT2D eigenvalue weighted by Crippen LogP contribution is -2.36. The van der Waals surface area contributed by atoms with Crippen molar-refractivity contribution in [2.24, 2.45) is 5.92 Å². The lowest BCUT2D eigenvalue weighted by molar-refractivity contribution is -0.384. The number of carboxylic acid groups (broad SMARTS) is 1. The molecule has 0 aliphatic carbocycles. The van der Waals surface area contributed by atoms with E-state index in [9.17, 15) is 19.7 Å². The molecule has 9 heteroatoms. The molecule has 138 valence electrons. The number of aliphatic carboxylic acids is 1. The summed E-state index contributed by atoms with van der Waals surface area (Å²) in [5, 5.41) is 23.8. The molecule has 0 fully saturated rings. The molecule has 1 amide bonds. The topological polar surface area (TPSA) is 119 Å². The van der Waals surface area contributed by atoms with Crippen LogP contribution in [0.5, 0.6) is 0 Å². The maximum atomic E-state index is 12.6. The summed E-state index contributed by atoms with van der Waals surface area (Å²) in [4.78, 5) is 35.1. The predicted octanol–water partition coefficient (Wildman–Crippen LogP) is 2.35. The van der Waals surface area contributed by atoms with Gasteiger partial charge in [0.05, 0.1) is 17.0 Å². The average Bonchev–Trinajstić information content (AvgIpc) is 3.07. The highest BCUT2D eigenvalue weighted by atomic mass is 16.6. The van der Waals surface area contributed by atoms with Gasteiger partial charge in [0, 0.05) is 31.4 Å². The Kier molecular flexibility index (Phi) is 6.05. The second-order valence-corrected chi connectivity index (χ2v) is 6.21. The van der Waals surface area contributed by atoms with Crippen LogP contribution in [-0.2, 0) is 4.79 Å². The Hall–Kier alpha value is -3.23. The van der Waals surface area contributed by atoms with Gasteiger partial charge in [-0.2, -0.15) is 5.10 Å². The minimum absolute atomic E-state index is 0.0333. The van der Waals surface area contributed by atoms with Crippen LogP contribution in [0.1, 0.15) is 30.8 Å². The zero-order valence-corrected chi connectivity index (χ0v) is 14.5. The van der Waals surface area contributed by atoms with E-state index in [1.54, 1.807) is 6.20 Å². The molecule has 1 aromatic heterocycles. The number of carbonyl (C=O) groups excluding carboxylic acids is 1. The van der Waals surface area contributed by atoms with Crippen LogP contribution in [0, 0.1) is 16.0 Å². The number of carbonyl (C=O) groups is 2. The van der Waals surface area contributed by atoms with E-state index in [-0.39, 0.29) is 36.2 Å². The quantitative estimate of drug-likeness (QED) is 0.570. The molecule has 9 nitrogen and oxygen atoms in total. The van der Waals surface area contributed by atoms with Crippen molar-refractivity contribution in [1.29, 1.82) is 0 Å². The number of hydrogen-bond acceptors (Lipinski definition) is 5. The van der Waals surface area contributed by atoms with Gasteiger partial charge in [0.2, 0.25) is 0 Å². The molecule has 0 spiro atoms. The second kappa shape index (κ2) is 8.24. The molecule has 0 saturated heterocycles. The number of nitro benzene ring substituents is 1. The van der Waals surface area contributed by atoms with E-state index >= 15 is 0 Å². The van der Waals surface area contributed by atoms with Crippen molar-refractivity contribution in [2.45, 2.75) is 20.3 Å². The number of hydrogen-bond donors (Lipinski definition) is 1. The minimum Gasteiger partial charge on any atom is -0.481 e. The van der Waals surface area contributed by atoms with E-state index in [0.717, 1.165) is 0 Å². The monoisotopic (exact) mass is 360 g/mol. The van der Waals surface area contributed by atoms with Gasteiger partial charge in [-0.15, -0.1) is 0 Å². The van der Waals surface area contributed by atoms with Crippen molar-refractivity contribution in [2.75, 3.05) is 13.1 Å². The largest absolute Gasteiger partial charge is 0.481 e. The Morgan fingerprint density at radius 2 is 1.92 bits per heavy atom. The van der Waals surface area contributed by atoms with Crippen LogP contribution < -0.4 is 0 Å². The molecular formula is C17H20N4O5. The maximum Gasteiger partial charge on any atom is 0.305 e. The Labute approximate surface area is 150 Å². The van der Waals surface area contributed by atoms with E-state index in [2.05, 4.69) is 5.10 Å². The predicted molar refractivity (Wildman–Crippen MR) is 93.2 cm³/mol. The first kappa shape index (κ1) is 19.1. The fourth-order valence-corrected chi connectivity index (χ4v) is 2.42. The molecule has 1 aromatic carbocycles. The molecule has 0 saturated carbocycles. The smallest absolute Gasteiger partial charge is 0.305 e. The van der Waals surface area contributed by atoms with Crippen molar-refractivity contribution in [3.63, 3.8) is 0 Å². The van der Waals surface area contributed by atoms with E-state index in [4.69, 9.17) is 5.11 Å². The van der Waals surface area contributed by atoms with E-state index in [1.165, 1.54) is 39.9 Å². The molecule has 1 N–H and O–H groups in total. The number of non-ortho nitro benzene ring substituents is 1. The van der Waals surface area contributed by atoms with Gasteiger partial charge < -0.3 is 10.0 Å². The van der Waals surface area contributed by atoms with Crippen LogP contribution in [0.3, 0.4) is 0 Å². The van der Waals surface area contributed by atoms with Crippen LogP contribution in [0.15, 0.2) is 36.5 Å². The van der Waals surface area contributed by atoms with Gasteiger partial charge >= 0.3 is 5.97 Å².